The molecule has 0 saturated carbocycles. The molecule has 1 amide bonds. The van der Waals surface area contributed by atoms with Crippen molar-refractivity contribution in [1.82, 2.24) is 9.59 Å². The van der Waals surface area contributed by atoms with E-state index in [9.17, 15) is 14.4 Å². The maximum Gasteiger partial charge on any atom is 0.339 e. The summed E-state index contributed by atoms with van der Waals surface area (Å²) >= 11 is 0.931. The van der Waals surface area contributed by atoms with Crippen LogP contribution in [0.25, 0.3) is 0 Å². The molecule has 2 aromatic rings. The monoisotopic (exact) mass is 335 g/mol. The van der Waals surface area contributed by atoms with Crippen LogP contribution in [0, 0.1) is 6.92 Å². The first-order valence-corrected chi connectivity index (χ1v) is 7.16. The standard InChI is InChI=1S/C14H13N3O5S/c1-7-11(23-17-16-7)12(18)15-10-6-8(13(19)21-2)4-5-9(10)14(20)22-3/h4-6H,1-3H3,(H,15,18). The number of ether oxygens (including phenoxy) is 2. The molecule has 0 aliphatic carbocycles. The number of esters is 2. The summed E-state index contributed by atoms with van der Waals surface area (Å²) in [7, 11) is 2.46. The third-order valence-electron chi connectivity index (χ3n) is 2.95. The lowest BCUT2D eigenvalue weighted by Crippen LogP contribution is -2.16. The van der Waals surface area contributed by atoms with E-state index in [4.69, 9.17) is 0 Å². The Labute approximate surface area is 135 Å². The van der Waals surface area contributed by atoms with E-state index in [-0.39, 0.29) is 16.8 Å². The van der Waals surface area contributed by atoms with Gasteiger partial charge in [0.05, 0.1) is 36.7 Å². The third-order valence-corrected chi connectivity index (χ3v) is 3.78. The number of hydrogen-bond donors (Lipinski definition) is 1. The third kappa shape index (κ3) is 3.51. The number of aromatic nitrogens is 2. The summed E-state index contributed by atoms with van der Waals surface area (Å²) in [5, 5.41) is 6.33. The van der Waals surface area contributed by atoms with Crippen LogP contribution in [0.4, 0.5) is 5.69 Å². The number of aryl methyl sites for hydroxylation is 1. The molecule has 2 rings (SSSR count). The van der Waals surface area contributed by atoms with Gasteiger partial charge in [0.15, 0.2) is 0 Å². The van der Waals surface area contributed by atoms with Gasteiger partial charge in [-0.25, -0.2) is 9.59 Å². The zero-order valence-corrected chi connectivity index (χ0v) is 13.4. The van der Waals surface area contributed by atoms with Crippen molar-refractivity contribution in [1.29, 1.82) is 0 Å². The molecule has 0 fully saturated rings. The molecule has 9 heteroatoms. The van der Waals surface area contributed by atoms with Crippen LogP contribution in [-0.2, 0) is 9.47 Å². The second-order valence-electron chi connectivity index (χ2n) is 4.39. The number of carbonyl (C=O) groups is 3. The number of nitrogens with one attached hydrogen (secondary N) is 1. The Hall–Kier alpha value is -2.81. The van der Waals surface area contributed by atoms with Crippen molar-refractivity contribution in [2.45, 2.75) is 6.92 Å². The number of carbonyl (C=O) groups excluding carboxylic acids is 3. The first-order valence-electron chi connectivity index (χ1n) is 6.39. The largest absolute Gasteiger partial charge is 0.465 e. The van der Waals surface area contributed by atoms with Gasteiger partial charge in [-0.05, 0) is 36.7 Å². The lowest BCUT2D eigenvalue weighted by molar-refractivity contribution is 0.0587. The quantitative estimate of drug-likeness (QED) is 0.847. The van der Waals surface area contributed by atoms with Gasteiger partial charge >= 0.3 is 11.9 Å². The van der Waals surface area contributed by atoms with E-state index < -0.39 is 17.8 Å². The van der Waals surface area contributed by atoms with E-state index in [0.717, 1.165) is 11.5 Å². The van der Waals surface area contributed by atoms with Crippen molar-refractivity contribution in [3.8, 4) is 0 Å². The maximum atomic E-state index is 12.3. The number of anilines is 1. The molecule has 0 radical (unpaired) electrons. The van der Waals surface area contributed by atoms with Crippen molar-refractivity contribution in [3.05, 3.63) is 39.9 Å². The van der Waals surface area contributed by atoms with Crippen LogP contribution in [0.15, 0.2) is 18.2 Å². The van der Waals surface area contributed by atoms with Crippen molar-refractivity contribution < 1.29 is 23.9 Å². The zero-order valence-electron chi connectivity index (χ0n) is 12.6. The number of benzene rings is 1. The number of rotatable bonds is 4. The number of methoxy groups -OCH3 is 2. The molecular weight excluding hydrogens is 322 g/mol. The Balaban J connectivity index is 2.41. The SMILES string of the molecule is COC(=O)c1ccc(C(=O)OC)c(NC(=O)c2snnc2C)c1. The fraction of sp³-hybridized carbons (Fsp3) is 0.214. The molecule has 1 aromatic heterocycles. The first-order chi connectivity index (χ1) is 11.0. The molecule has 0 atom stereocenters. The molecule has 1 aromatic carbocycles. The van der Waals surface area contributed by atoms with Crippen LogP contribution in [0.3, 0.4) is 0 Å². The normalized spacial score (nSPS) is 10.0. The van der Waals surface area contributed by atoms with Crippen LogP contribution in [-0.4, -0.2) is 41.7 Å². The molecule has 0 bridgehead atoms. The van der Waals surface area contributed by atoms with Crippen LogP contribution < -0.4 is 5.32 Å². The summed E-state index contributed by atoms with van der Waals surface area (Å²) in [4.78, 5) is 36.0. The molecule has 0 saturated heterocycles. The first kappa shape index (κ1) is 16.6. The van der Waals surface area contributed by atoms with E-state index in [1.807, 2.05) is 0 Å². The fourth-order valence-electron chi connectivity index (χ4n) is 1.80. The maximum absolute atomic E-state index is 12.3. The summed E-state index contributed by atoms with van der Waals surface area (Å²) in [5.41, 5.74) is 0.909. The van der Waals surface area contributed by atoms with E-state index in [2.05, 4.69) is 24.4 Å². The summed E-state index contributed by atoms with van der Waals surface area (Å²) in [6, 6.07) is 4.14. The Kier molecular flexibility index (Phi) is 5.02. The van der Waals surface area contributed by atoms with Crippen LogP contribution in [0.5, 0.6) is 0 Å². The van der Waals surface area contributed by atoms with E-state index >= 15 is 0 Å². The highest BCUT2D eigenvalue weighted by Gasteiger charge is 2.20. The van der Waals surface area contributed by atoms with Gasteiger partial charge in [-0.1, -0.05) is 4.49 Å². The Morgan fingerprint density at radius 1 is 1.13 bits per heavy atom. The van der Waals surface area contributed by atoms with E-state index in [1.54, 1.807) is 6.92 Å². The molecule has 0 spiro atoms. The Morgan fingerprint density at radius 3 is 2.39 bits per heavy atom. The summed E-state index contributed by atoms with van der Waals surface area (Å²) in [6.07, 6.45) is 0. The van der Waals surface area contributed by atoms with Gasteiger partial charge in [0.1, 0.15) is 4.88 Å². The minimum atomic E-state index is -0.643. The van der Waals surface area contributed by atoms with Gasteiger partial charge in [-0.15, -0.1) is 5.10 Å². The van der Waals surface area contributed by atoms with Gasteiger partial charge in [-0.2, -0.15) is 0 Å². The van der Waals surface area contributed by atoms with Crippen molar-refractivity contribution >= 4 is 35.1 Å². The second kappa shape index (κ2) is 6.97. The number of nitrogens with zero attached hydrogens (tertiary/aromatic N) is 2. The molecule has 0 aliphatic heterocycles. The molecule has 0 aliphatic rings. The Bertz CT molecular complexity index is 772. The van der Waals surface area contributed by atoms with E-state index in [1.165, 1.54) is 32.4 Å². The molecule has 0 unspecified atom stereocenters. The topological polar surface area (TPSA) is 107 Å². The molecule has 1 heterocycles. The Morgan fingerprint density at radius 2 is 1.83 bits per heavy atom. The van der Waals surface area contributed by atoms with Gasteiger partial charge in [0.2, 0.25) is 0 Å². The lowest BCUT2D eigenvalue weighted by atomic mass is 10.1. The average Bonchev–Trinajstić information content (AvgIpc) is 2.99. The highest BCUT2D eigenvalue weighted by molar-refractivity contribution is 7.08. The predicted octanol–water partition coefficient (Wildman–Crippen LogP) is 1.67. The molecule has 8 nitrogen and oxygen atoms in total. The number of amides is 1. The van der Waals surface area contributed by atoms with E-state index in [0.29, 0.717) is 10.6 Å². The fourth-order valence-corrected chi connectivity index (χ4v) is 2.35. The molecular formula is C14H13N3O5S. The minimum absolute atomic E-state index is 0.114. The van der Waals surface area contributed by atoms with Gasteiger partial charge in [-0.3, -0.25) is 4.79 Å². The van der Waals surface area contributed by atoms with Crippen LogP contribution >= 0.6 is 11.5 Å². The minimum Gasteiger partial charge on any atom is -0.465 e. The second-order valence-corrected chi connectivity index (χ2v) is 5.14. The van der Waals surface area contributed by atoms with Crippen molar-refractivity contribution in [2.75, 3.05) is 19.5 Å². The highest BCUT2D eigenvalue weighted by Crippen LogP contribution is 2.21. The number of hydrogen-bond acceptors (Lipinski definition) is 8. The van der Waals surface area contributed by atoms with Crippen molar-refractivity contribution in [2.24, 2.45) is 0 Å². The predicted molar refractivity (Wildman–Crippen MR) is 81.7 cm³/mol. The van der Waals surface area contributed by atoms with Gasteiger partial charge < -0.3 is 14.8 Å². The smallest absolute Gasteiger partial charge is 0.339 e. The highest BCUT2D eigenvalue weighted by atomic mass is 32.1. The molecule has 23 heavy (non-hydrogen) atoms. The van der Waals surface area contributed by atoms with Crippen LogP contribution in [0.2, 0.25) is 0 Å². The summed E-state index contributed by atoms with van der Waals surface area (Å²) in [5.74, 6) is -1.71. The summed E-state index contributed by atoms with van der Waals surface area (Å²) in [6.45, 7) is 1.64. The summed E-state index contributed by atoms with van der Waals surface area (Å²) < 4.78 is 13.0. The average molecular weight is 335 g/mol. The van der Waals surface area contributed by atoms with Gasteiger partial charge in [0, 0.05) is 0 Å². The van der Waals surface area contributed by atoms with Gasteiger partial charge in [0.25, 0.3) is 5.91 Å². The van der Waals surface area contributed by atoms with Crippen molar-refractivity contribution in [3.63, 3.8) is 0 Å². The lowest BCUT2D eigenvalue weighted by Gasteiger charge is -2.10. The van der Waals surface area contributed by atoms with Crippen LogP contribution in [0.1, 0.15) is 36.1 Å². The zero-order chi connectivity index (χ0) is 17.0. The molecule has 1 N–H and O–H groups in total. The molecule has 120 valence electrons.